The van der Waals surface area contributed by atoms with Crippen LogP contribution in [0.15, 0.2) is 48.6 Å². The van der Waals surface area contributed by atoms with Crippen LogP contribution < -0.4 is 10.1 Å². The number of rotatable bonds is 16. The van der Waals surface area contributed by atoms with Crippen molar-refractivity contribution in [1.29, 1.82) is 0 Å². The molecule has 0 saturated heterocycles. The molecule has 1 aliphatic carbocycles. The van der Waals surface area contributed by atoms with Gasteiger partial charge in [0.1, 0.15) is 11.8 Å². The lowest BCUT2D eigenvalue weighted by Crippen LogP contribution is -2.39. The number of alkyl halides is 3. The molecule has 9 nitrogen and oxygen atoms in total. The summed E-state index contributed by atoms with van der Waals surface area (Å²) in [5.41, 5.74) is -0.670. The van der Waals surface area contributed by atoms with Crippen LogP contribution in [0, 0.1) is 16.0 Å². The molecule has 1 atom stereocenters. The van der Waals surface area contributed by atoms with E-state index < -0.39 is 28.8 Å². The summed E-state index contributed by atoms with van der Waals surface area (Å²) >= 11 is 0. The molecule has 0 aromatic heterocycles. The van der Waals surface area contributed by atoms with Crippen LogP contribution >= 0.6 is 0 Å². The Morgan fingerprint density at radius 3 is 2.51 bits per heavy atom. The Morgan fingerprint density at radius 1 is 1.12 bits per heavy atom. The fourth-order valence-corrected chi connectivity index (χ4v) is 3.86. The van der Waals surface area contributed by atoms with Crippen LogP contribution in [-0.2, 0) is 25.3 Å². The molecule has 1 aromatic rings. The summed E-state index contributed by atoms with van der Waals surface area (Å²) in [6, 6.07) is 4.27. The van der Waals surface area contributed by atoms with Crippen molar-refractivity contribution in [3.8, 4) is 5.75 Å². The average Bonchev–Trinajstić information content (AvgIpc) is 3.44. The van der Waals surface area contributed by atoms with E-state index in [1.807, 2.05) is 19.1 Å². The Labute approximate surface area is 239 Å². The molecule has 0 spiro atoms. The number of amides is 1. The number of ether oxygens (including phenoxy) is 2. The quantitative estimate of drug-likeness (QED) is 0.0763. The minimum Gasteiger partial charge on any atom is -0.493 e. The average molecular weight is 587 g/mol. The number of carbonyl (C=O) groups is 2. The molecule has 1 aliphatic rings. The second-order valence-electron chi connectivity index (χ2n) is 9.46. The monoisotopic (exact) mass is 586 g/mol. The predicted molar refractivity (Wildman–Crippen MR) is 147 cm³/mol. The molecule has 1 unspecified atom stereocenters. The molecule has 0 radical (unpaired) electrons. The van der Waals surface area contributed by atoms with Crippen LogP contribution in [0.25, 0.3) is 0 Å². The van der Waals surface area contributed by atoms with Crippen molar-refractivity contribution in [2.24, 2.45) is 5.92 Å². The highest BCUT2D eigenvalue weighted by atomic mass is 19.4. The van der Waals surface area contributed by atoms with Gasteiger partial charge in [0.15, 0.2) is 0 Å². The number of benzene rings is 1. The summed E-state index contributed by atoms with van der Waals surface area (Å²) in [5, 5.41) is 11.5. The van der Waals surface area contributed by atoms with Crippen LogP contribution in [0.5, 0.6) is 5.75 Å². The van der Waals surface area contributed by atoms with E-state index in [0.29, 0.717) is 18.9 Å². The standard InChI is InChI=1S/C16H19F3O.C13H22N2O6/c17-16(18,19)14-9-5-10-15(12-14)20-11-4-3-8-13-6-1-2-7-13;1-3-4-5-6-8-12(16)14-11(2)13(17)20-9-7-10-21-15(18)19/h3,5,8-10,12-13H,1-2,4,6-7,11H2;3-4,11H,5-10H2,1-2H3,(H,14,16)/b8-3+;4-3-. The molecule has 1 N–H and O–H groups in total. The fourth-order valence-electron chi connectivity index (χ4n) is 3.86. The molecule has 0 bridgehead atoms. The summed E-state index contributed by atoms with van der Waals surface area (Å²) in [6.45, 7) is 3.72. The maximum Gasteiger partial charge on any atom is 0.416 e. The molecule has 12 heteroatoms. The minimum absolute atomic E-state index is 0.00811. The van der Waals surface area contributed by atoms with Gasteiger partial charge in [0.05, 0.1) is 25.4 Å². The zero-order valence-corrected chi connectivity index (χ0v) is 23.7. The first kappa shape index (κ1) is 35.5. The van der Waals surface area contributed by atoms with Gasteiger partial charge in [0, 0.05) is 12.8 Å². The highest BCUT2D eigenvalue weighted by molar-refractivity contribution is 5.84. The third-order valence-corrected chi connectivity index (χ3v) is 5.99. The first-order valence-corrected chi connectivity index (χ1v) is 13.8. The van der Waals surface area contributed by atoms with Crippen LogP contribution in [-0.4, -0.2) is 42.8 Å². The zero-order valence-electron chi connectivity index (χ0n) is 23.7. The number of halogens is 3. The Hall–Kier alpha value is -3.57. The number of nitrogens with zero attached hydrogens (tertiary/aromatic N) is 1. The lowest BCUT2D eigenvalue weighted by atomic mass is 10.1. The largest absolute Gasteiger partial charge is 0.493 e. The Morgan fingerprint density at radius 2 is 1.85 bits per heavy atom. The van der Waals surface area contributed by atoms with Gasteiger partial charge >= 0.3 is 12.1 Å². The number of hydrogen-bond acceptors (Lipinski definition) is 7. The Bertz CT molecular complexity index is 977. The van der Waals surface area contributed by atoms with E-state index in [-0.39, 0.29) is 31.3 Å². The number of nitrogens with one attached hydrogen (secondary N) is 1. The van der Waals surface area contributed by atoms with Gasteiger partial charge in [0.2, 0.25) is 5.91 Å². The maximum absolute atomic E-state index is 12.5. The second-order valence-corrected chi connectivity index (χ2v) is 9.46. The first-order chi connectivity index (χ1) is 19.5. The van der Waals surface area contributed by atoms with Crippen molar-refractivity contribution < 1.29 is 42.2 Å². The molecule has 1 saturated carbocycles. The number of esters is 1. The van der Waals surface area contributed by atoms with Crippen molar-refractivity contribution in [3.63, 3.8) is 0 Å². The van der Waals surface area contributed by atoms with E-state index >= 15 is 0 Å². The van der Waals surface area contributed by atoms with Crippen molar-refractivity contribution in [3.05, 3.63) is 64.2 Å². The van der Waals surface area contributed by atoms with Gasteiger partial charge in [-0.05, 0) is 70.1 Å². The zero-order chi connectivity index (χ0) is 30.5. The lowest BCUT2D eigenvalue weighted by Gasteiger charge is -2.13. The van der Waals surface area contributed by atoms with Gasteiger partial charge in [-0.2, -0.15) is 13.2 Å². The molecular formula is C29H41F3N2O7. The highest BCUT2D eigenvalue weighted by Crippen LogP contribution is 2.31. The molecule has 0 heterocycles. The van der Waals surface area contributed by atoms with E-state index in [2.05, 4.69) is 22.3 Å². The van der Waals surface area contributed by atoms with Crippen LogP contribution in [0.2, 0.25) is 0 Å². The topological polar surface area (TPSA) is 117 Å². The van der Waals surface area contributed by atoms with Gasteiger partial charge in [0.25, 0.3) is 5.09 Å². The lowest BCUT2D eigenvalue weighted by molar-refractivity contribution is -0.757. The SMILES string of the molecule is C/C=C\CCCC(=O)NC(C)C(=O)OCCCO[N+](=O)[O-].FC(F)(F)c1cccc(OCC/C=C/C2CCCC2)c1. The molecule has 1 aromatic carbocycles. The van der Waals surface area contributed by atoms with E-state index in [1.165, 1.54) is 38.7 Å². The first-order valence-electron chi connectivity index (χ1n) is 13.8. The second kappa shape index (κ2) is 20.3. The minimum atomic E-state index is -4.32. The van der Waals surface area contributed by atoms with Crippen molar-refractivity contribution in [2.75, 3.05) is 19.8 Å². The van der Waals surface area contributed by atoms with Crippen LogP contribution in [0.3, 0.4) is 0 Å². The Kier molecular flexibility index (Phi) is 17.6. The summed E-state index contributed by atoms with van der Waals surface area (Å²) in [5.74, 6) is 0.177. The van der Waals surface area contributed by atoms with Gasteiger partial charge in [-0.3, -0.25) is 4.79 Å². The summed E-state index contributed by atoms with van der Waals surface area (Å²) in [7, 11) is 0. The van der Waals surface area contributed by atoms with Gasteiger partial charge < -0.3 is 19.6 Å². The smallest absolute Gasteiger partial charge is 0.416 e. The van der Waals surface area contributed by atoms with E-state index in [1.54, 1.807) is 6.07 Å². The van der Waals surface area contributed by atoms with Crippen molar-refractivity contribution >= 4 is 11.9 Å². The highest BCUT2D eigenvalue weighted by Gasteiger charge is 2.30. The summed E-state index contributed by atoms with van der Waals surface area (Å²) in [4.78, 5) is 37.0. The predicted octanol–water partition coefficient (Wildman–Crippen LogP) is 6.60. The molecule has 2 rings (SSSR count). The van der Waals surface area contributed by atoms with Crippen molar-refractivity contribution in [2.45, 2.75) is 83.9 Å². The molecule has 230 valence electrons. The third-order valence-electron chi connectivity index (χ3n) is 5.99. The third kappa shape index (κ3) is 17.7. The van der Waals surface area contributed by atoms with E-state index in [9.17, 15) is 32.9 Å². The summed E-state index contributed by atoms with van der Waals surface area (Å²) < 4.78 is 47.8. The van der Waals surface area contributed by atoms with Crippen LogP contribution in [0.1, 0.15) is 77.2 Å². The molecule has 0 aliphatic heterocycles. The van der Waals surface area contributed by atoms with Crippen molar-refractivity contribution in [1.82, 2.24) is 5.32 Å². The fraction of sp³-hybridized carbons (Fsp3) is 0.586. The van der Waals surface area contributed by atoms with Gasteiger partial charge in [-0.1, -0.05) is 43.2 Å². The number of hydrogen-bond donors (Lipinski definition) is 1. The van der Waals surface area contributed by atoms with Gasteiger partial charge in [-0.15, -0.1) is 10.1 Å². The van der Waals surface area contributed by atoms with Gasteiger partial charge in [-0.25, -0.2) is 4.79 Å². The van der Waals surface area contributed by atoms with E-state index in [0.717, 1.165) is 31.4 Å². The number of allylic oxidation sites excluding steroid dienone is 3. The molecule has 1 fully saturated rings. The molecule has 1 amide bonds. The normalized spacial score (nSPS) is 14.4. The number of carbonyl (C=O) groups excluding carboxylic acids is 2. The van der Waals surface area contributed by atoms with Crippen LogP contribution in [0.4, 0.5) is 13.2 Å². The molecular weight excluding hydrogens is 545 g/mol. The molecule has 41 heavy (non-hydrogen) atoms. The maximum atomic E-state index is 12.5. The summed E-state index contributed by atoms with van der Waals surface area (Å²) in [6.07, 6.45) is 11.8. The Balaban J connectivity index is 0.000000410. The number of unbranched alkanes of at least 4 members (excludes halogenated alkanes) is 1. The van der Waals surface area contributed by atoms with E-state index in [4.69, 9.17) is 9.47 Å².